The third kappa shape index (κ3) is 3.87. The van der Waals surface area contributed by atoms with Crippen molar-refractivity contribution >= 4 is 28.3 Å². The molecule has 12 heteroatoms. The highest BCUT2D eigenvalue weighted by atomic mass is 35.5. The van der Waals surface area contributed by atoms with Crippen LogP contribution in [0.15, 0.2) is 35.4 Å². The van der Waals surface area contributed by atoms with E-state index in [1.54, 1.807) is 6.92 Å². The van der Waals surface area contributed by atoms with Gasteiger partial charge in [0.15, 0.2) is 5.82 Å². The van der Waals surface area contributed by atoms with Crippen LogP contribution in [0.2, 0.25) is 5.02 Å². The average Bonchev–Trinajstić information content (AvgIpc) is 2.79. The molecule has 9 nitrogen and oxygen atoms in total. The van der Waals surface area contributed by atoms with Crippen LogP contribution in [0.4, 0.5) is 14.5 Å². The Morgan fingerprint density at radius 2 is 1.91 bits per heavy atom. The summed E-state index contributed by atoms with van der Waals surface area (Å²) in [7, 11) is 1.28. The fourth-order valence-corrected chi connectivity index (χ4v) is 4.15. The molecule has 0 N–H and O–H groups in total. The highest BCUT2D eigenvalue weighted by Crippen LogP contribution is 2.38. The number of rotatable bonds is 5. The van der Waals surface area contributed by atoms with E-state index >= 15 is 4.39 Å². The van der Waals surface area contributed by atoms with Gasteiger partial charge in [0.2, 0.25) is 0 Å². The summed E-state index contributed by atoms with van der Waals surface area (Å²) in [5.41, 5.74) is -2.20. The molecule has 0 amide bonds. The molecule has 3 heterocycles. The van der Waals surface area contributed by atoms with Crippen molar-refractivity contribution in [3.05, 3.63) is 79.1 Å². The number of nitro groups is 1. The van der Waals surface area contributed by atoms with E-state index in [1.165, 1.54) is 25.6 Å². The van der Waals surface area contributed by atoms with Gasteiger partial charge in [0.1, 0.15) is 34.3 Å². The van der Waals surface area contributed by atoms with Crippen LogP contribution in [0.25, 0.3) is 28.0 Å². The second-order valence-corrected chi connectivity index (χ2v) is 8.29. The lowest BCUT2D eigenvalue weighted by Gasteiger charge is -2.18. The minimum absolute atomic E-state index is 0.000231. The first kappa shape index (κ1) is 24.1. The van der Waals surface area contributed by atoms with Gasteiger partial charge in [-0.15, -0.1) is 0 Å². The van der Waals surface area contributed by atoms with Crippen molar-refractivity contribution in [1.29, 1.82) is 0 Å². The third-order valence-corrected chi connectivity index (χ3v) is 5.82. The standard InChI is InChI=1S/C23H18ClF2N5O4/c1-10(2)18-20(11(3)27-9-28-18)30-22-12(17(24)21(23(30)32)31(33)34)8-14(26)19(29-22)16-13(25)6-5-7-15(16)35-4/h5-10H,1-4H3. The molecule has 0 unspecified atom stereocenters. The zero-order chi connectivity index (χ0) is 25.6. The Balaban J connectivity index is 2.27. The van der Waals surface area contributed by atoms with Crippen LogP contribution in [0.3, 0.4) is 0 Å². The van der Waals surface area contributed by atoms with E-state index < -0.39 is 38.5 Å². The molecule has 35 heavy (non-hydrogen) atoms. The second-order valence-electron chi connectivity index (χ2n) is 7.91. The van der Waals surface area contributed by atoms with Crippen molar-refractivity contribution in [3.63, 3.8) is 0 Å². The summed E-state index contributed by atoms with van der Waals surface area (Å²) in [5, 5.41) is 11.0. The van der Waals surface area contributed by atoms with Crippen LogP contribution in [-0.4, -0.2) is 31.6 Å². The van der Waals surface area contributed by atoms with Gasteiger partial charge in [-0.05, 0) is 31.0 Å². The quantitative estimate of drug-likeness (QED) is 0.275. The number of aromatic nitrogens is 4. The van der Waals surface area contributed by atoms with Gasteiger partial charge in [0.25, 0.3) is 0 Å². The van der Waals surface area contributed by atoms with E-state index in [9.17, 15) is 19.3 Å². The molecule has 4 rings (SSSR count). The monoisotopic (exact) mass is 501 g/mol. The summed E-state index contributed by atoms with van der Waals surface area (Å²) in [6.45, 7) is 5.21. The van der Waals surface area contributed by atoms with E-state index in [0.717, 1.165) is 16.7 Å². The maximum absolute atomic E-state index is 15.3. The van der Waals surface area contributed by atoms with Crippen LogP contribution in [0.5, 0.6) is 5.75 Å². The zero-order valence-electron chi connectivity index (χ0n) is 19.0. The fourth-order valence-electron chi connectivity index (χ4n) is 3.86. The maximum Gasteiger partial charge on any atom is 0.353 e. The number of benzene rings is 1. The number of hydrogen-bond donors (Lipinski definition) is 0. The molecule has 0 saturated heterocycles. The number of hydrogen-bond acceptors (Lipinski definition) is 7. The van der Waals surface area contributed by atoms with Crippen molar-refractivity contribution in [3.8, 4) is 22.7 Å². The second kappa shape index (κ2) is 8.99. The Hall–Kier alpha value is -3.99. The van der Waals surface area contributed by atoms with Gasteiger partial charge in [-0.2, -0.15) is 0 Å². The normalized spacial score (nSPS) is 11.3. The zero-order valence-corrected chi connectivity index (χ0v) is 19.7. The minimum Gasteiger partial charge on any atom is -0.496 e. The Morgan fingerprint density at radius 3 is 2.54 bits per heavy atom. The third-order valence-electron chi connectivity index (χ3n) is 5.44. The van der Waals surface area contributed by atoms with Gasteiger partial charge < -0.3 is 4.74 Å². The molecule has 3 aromatic heterocycles. The molecule has 180 valence electrons. The van der Waals surface area contributed by atoms with Gasteiger partial charge in [-0.3, -0.25) is 19.5 Å². The topological polar surface area (TPSA) is 113 Å². The molecule has 0 aliphatic rings. The Morgan fingerprint density at radius 1 is 1.20 bits per heavy atom. The number of nitrogens with zero attached hydrogens (tertiary/aromatic N) is 5. The highest BCUT2D eigenvalue weighted by molar-refractivity contribution is 6.37. The minimum atomic E-state index is -1.11. The van der Waals surface area contributed by atoms with E-state index in [-0.39, 0.29) is 34.0 Å². The summed E-state index contributed by atoms with van der Waals surface area (Å²) in [5.74, 6) is -2.07. The number of ether oxygens (including phenoxy) is 1. The molecular weight excluding hydrogens is 484 g/mol. The molecule has 4 aromatic rings. The van der Waals surface area contributed by atoms with Crippen molar-refractivity contribution in [2.45, 2.75) is 26.7 Å². The van der Waals surface area contributed by atoms with Crippen molar-refractivity contribution < 1.29 is 18.4 Å². The lowest BCUT2D eigenvalue weighted by atomic mass is 10.1. The number of methoxy groups -OCH3 is 1. The maximum atomic E-state index is 15.3. The van der Waals surface area contributed by atoms with Gasteiger partial charge in [-0.1, -0.05) is 31.5 Å². The Kier molecular flexibility index (Phi) is 6.20. The number of fused-ring (bicyclic) bond motifs is 1. The van der Waals surface area contributed by atoms with Gasteiger partial charge in [0.05, 0.1) is 34.7 Å². The summed E-state index contributed by atoms with van der Waals surface area (Å²) in [4.78, 5) is 36.9. The smallest absolute Gasteiger partial charge is 0.353 e. The summed E-state index contributed by atoms with van der Waals surface area (Å²) >= 11 is 6.21. The lowest BCUT2D eigenvalue weighted by Crippen LogP contribution is -2.26. The molecule has 1 aromatic carbocycles. The molecule has 0 aliphatic heterocycles. The summed E-state index contributed by atoms with van der Waals surface area (Å²) in [6.07, 6.45) is 1.30. The van der Waals surface area contributed by atoms with E-state index in [2.05, 4.69) is 15.0 Å². The van der Waals surface area contributed by atoms with Crippen LogP contribution in [0, 0.1) is 28.7 Å². The first-order chi connectivity index (χ1) is 16.6. The fraction of sp³-hybridized carbons (Fsp3) is 0.217. The molecule has 0 saturated carbocycles. The molecular formula is C23H18ClF2N5O4. The number of aryl methyl sites for hydroxylation is 1. The molecule has 0 fully saturated rings. The molecule has 0 spiro atoms. The first-order valence-electron chi connectivity index (χ1n) is 10.3. The average molecular weight is 502 g/mol. The van der Waals surface area contributed by atoms with Crippen molar-refractivity contribution in [2.24, 2.45) is 0 Å². The molecule has 0 atom stereocenters. The Labute approximate surface area is 202 Å². The van der Waals surface area contributed by atoms with Gasteiger partial charge in [0, 0.05) is 5.39 Å². The van der Waals surface area contributed by atoms with Crippen molar-refractivity contribution in [2.75, 3.05) is 7.11 Å². The summed E-state index contributed by atoms with van der Waals surface area (Å²) in [6, 6.07) is 4.78. The first-order valence-corrected chi connectivity index (χ1v) is 10.7. The highest BCUT2D eigenvalue weighted by Gasteiger charge is 2.30. The summed E-state index contributed by atoms with van der Waals surface area (Å²) < 4.78 is 36.2. The number of halogens is 3. The lowest BCUT2D eigenvalue weighted by molar-refractivity contribution is -0.386. The molecule has 0 bridgehead atoms. The molecule has 0 radical (unpaired) electrons. The molecule has 0 aliphatic carbocycles. The predicted molar refractivity (Wildman–Crippen MR) is 125 cm³/mol. The van der Waals surface area contributed by atoms with Gasteiger partial charge in [-0.25, -0.2) is 23.7 Å². The van der Waals surface area contributed by atoms with Crippen LogP contribution < -0.4 is 10.3 Å². The number of pyridine rings is 2. The van der Waals surface area contributed by atoms with Gasteiger partial charge >= 0.3 is 11.2 Å². The largest absolute Gasteiger partial charge is 0.496 e. The Bertz CT molecular complexity index is 1570. The van der Waals surface area contributed by atoms with Crippen LogP contribution in [-0.2, 0) is 0 Å². The predicted octanol–water partition coefficient (Wildman–Crippen LogP) is 5.12. The van der Waals surface area contributed by atoms with Crippen LogP contribution >= 0.6 is 11.6 Å². The van der Waals surface area contributed by atoms with Crippen molar-refractivity contribution in [1.82, 2.24) is 19.5 Å². The van der Waals surface area contributed by atoms with Crippen LogP contribution in [0.1, 0.15) is 31.2 Å². The SMILES string of the molecule is COc1cccc(F)c1-c1nc2c(cc1F)c(Cl)c([N+](=O)[O-])c(=O)n2-c1c(C)ncnc1C(C)C. The van der Waals surface area contributed by atoms with E-state index in [1.807, 2.05) is 13.8 Å². The van der Waals surface area contributed by atoms with E-state index in [4.69, 9.17) is 16.3 Å². The van der Waals surface area contributed by atoms with E-state index in [0.29, 0.717) is 11.4 Å².